The summed E-state index contributed by atoms with van der Waals surface area (Å²) in [5.41, 5.74) is 1.68. The molecular formula is C21H32N4O4. The molecule has 1 heterocycles. The number of piperazine rings is 1. The number of anilines is 1. The molecule has 2 amide bonds. The molecule has 0 saturated carbocycles. The van der Waals surface area contributed by atoms with Gasteiger partial charge in [0.05, 0.1) is 6.54 Å². The lowest BCUT2D eigenvalue weighted by molar-refractivity contribution is -0.156. The molecule has 0 aromatic heterocycles. The molecule has 0 atom stereocenters. The molecule has 1 aliphatic rings. The summed E-state index contributed by atoms with van der Waals surface area (Å²) in [5.74, 6) is -0.279. The summed E-state index contributed by atoms with van der Waals surface area (Å²) >= 11 is 0. The van der Waals surface area contributed by atoms with E-state index in [1.54, 1.807) is 31.1 Å². The zero-order chi connectivity index (χ0) is 21.6. The van der Waals surface area contributed by atoms with E-state index in [1.165, 1.54) is 0 Å². The number of ether oxygens (including phenoxy) is 1. The summed E-state index contributed by atoms with van der Waals surface area (Å²) in [6.07, 6.45) is 0.627. The van der Waals surface area contributed by atoms with Gasteiger partial charge in [-0.1, -0.05) is 0 Å². The van der Waals surface area contributed by atoms with Gasteiger partial charge in [-0.15, -0.1) is 0 Å². The Labute approximate surface area is 172 Å². The minimum Gasteiger partial charge on any atom is -0.459 e. The highest BCUT2D eigenvalue weighted by atomic mass is 16.6. The first-order valence-electron chi connectivity index (χ1n) is 9.80. The van der Waals surface area contributed by atoms with Crippen LogP contribution < -0.4 is 5.32 Å². The first-order valence-corrected chi connectivity index (χ1v) is 9.80. The zero-order valence-corrected chi connectivity index (χ0v) is 18.0. The smallest absolute Gasteiger partial charge is 0.320 e. The van der Waals surface area contributed by atoms with Gasteiger partial charge in [-0.3, -0.25) is 24.2 Å². The van der Waals surface area contributed by atoms with Crippen LogP contribution in [0, 0.1) is 0 Å². The van der Waals surface area contributed by atoms with Crippen molar-refractivity contribution >= 4 is 24.0 Å². The normalized spacial score (nSPS) is 15.6. The van der Waals surface area contributed by atoms with E-state index >= 15 is 0 Å². The number of rotatable bonds is 7. The highest BCUT2D eigenvalue weighted by Gasteiger charge is 2.24. The van der Waals surface area contributed by atoms with Crippen molar-refractivity contribution in [2.45, 2.75) is 32.9 Å². The Morgan fingerprint density at radius 2 is 1.76 bits per heavy atom. The molecule has 29 heavy (non-hydrogen) atoms. The van der Waals surface area contributed by atoms with E-state index in [0.717, 1.165) is 31.7 Å². The maximum atomic E-state index is 12.5. The van der Waals surface area contributed by atoms with Gasteiger partial charge in [-0.05, 0) is 44.5 Å². The van der Waals surface area contributed by atoms with Gasteiger partial charge in [-0.25, -0.2) is 0 Å². The SMILES string of the molecule is CN(C)C(=O)c1ccc(NC=O)cc1CN1CCN(CC(=O)OC(C)(C)C)CC1. The van der Waals surface area contributed by atoms with Gasteiger partial charge in [-0.2, -0.15) is 0 Å². The van der Waals surface area contributed by atoms with E-state index in [2.05, 4.69) is 15.1 Å². The number of nitrogens with one attached hydrogen (secondary N) is 1. The van der Waals surface area contributed by atoms with Crippen LogP contribution in [0.1, 0.15) is 36.7 Å². The van der Waals surface area contributed by atoms with Gasteiger partial charge in [0.15, 0.2) is 0 Å². The van der Waals surface area contributed by atoms with E-state index < -0.39 is 5.60 Å². The molecule has 160 valence electrons. The first kappa shape index (κ1) is 22.8. The third-order valence-electron chi connectivity index (χ3n) is 4.60. The van der Waals surface area contributed by atoms with Crippen LogP contribution in [0.2, 0.25) is 0 Å². The average molecular weight is 405 g/mol. The van der Waals surface area contributed by atoms with Crippen LogP contribution in [0.15, 0.2) is 18.2 Å². The molecule has 1 aromatic rings. The van der Waals surface area contributed by atoms with Gasteiger partial charge in [0.25, 0.3) is 5.91 Å². The van der Waals surface area contributed by atoms with Crippen molar-refractivity contribution < 1.29 is 19.1 Å². The van der Waals surface area contributed by atoms with Crippen molar-refractivity contribution in [3.05, 3.63) is 29.3 Å². The minimum absolute atomic E-state index is 0.0683. The van der Waals surface area contributed by atoms with E-state index in [4.69, 9.17) is 4.74 Å². The lowest BCUT2D eigenvalue weighted by Crippen LogP contribution is -2.48. The number of carbonyl (C=O) groups is 3. The third-order valence-corrected chi connectivity index (χ3v) is 4.60. The van der Waals surface area contributed by atoms with Crippen LogP contribution >= 0.6 is 0 Å². The van der Waals surface area contributed by atoms with Crippen LogP contribution in [-0.2, 0) is 20.9 Å². The third kappa shape index (κ3) is 7.14. The Kier molecular flexibility index (Phi) is 7.75. The second-order valence-corrected chi connectivity index (χ2v) is 8.47. The molecule has 0 unspecified atom stereocenters. The van der Waals surface area contributed by atoms with E-state index in [-0.39, 0.29) is 18.4 Å². The fourth-order valence-electron chi connectivity index (χ4n) is 3.23. The largest absolute Gasteiger partial charge is 0.459 e. The topological polar surface area (TPSA) is 82.2 Å². The Balaban J connectivity index is 2.00. The molecular weight excluding hydrogens is 372 g/mol. The fourth-order valence-corrected chi connectivity index (χ4v) is 3.23. The minimum atomic E-state index is -0.477. The summed E-state index contributed by atoms with van der Waals surface area (Å²) in [7, 11) is 3.44. The molecule has 0 spiro atoms. The maximum absolute atomic E-state index is 12.5. The molecule has 1 aromatic carbocycles. The second kappa shape index (κ2) is 9.84. The average Bonchev–Trinajstić information content (AvgIpc) is 2.61. The molecule has 0 radical (unpaired) electrons. The number of carbonyl (C=O) groups excluding carboxylic acids is 3. The van der Waals surface area contributed by atoms with Crippen molar-refractivity contribution in [3.63, 3.8) is 0 Å². The first-order chi connectivity index (χ1) is 13.6. The predicted molar refractivity (Wildman–Crippen MR) is 112 cm³/mol. The van der Waals surface area contributed by atoms with Crippen molar-refractivity contribution in [1.29, 1.82) is 0 Å². The zero-order valence-electron chi connectivity index (χ0n) is 18.0. The maximum Gasteiger partial charge on any atom is 0.320 e. The Morgan fingerprint density at radius 3 is 2.31 bits per heavy atom. The Hall–Kier alpha value is -2.45. The van der Waals surface area contributed by atoms with Gasteiger partial charge in [0.1, 0.15) is 5.60 Å². The number of hydrogen-bond acceptors (Lipinski definition) is 6. The van der Waals surface area contributed by atoms with Crippen molar-refractivity contribution in [3.8, 4) is 0 Å². The lowest BCUT2D eigenvalue weighted by Gasteiger charge is -2.35. The molecule has 1 fully saturated rings. The van der Waals surface area contributed by atoms with Crippen LogP contribution in [0.4, 0.5) is 5.69 Å². The van der Waals surface area contributed by atoms with Crippen molar-refractivity contribution in [2.24, 2.45) is 0 Å². The molecule has 0 bridgehead atoms. The van der Waals surface area contributed by atoms with E-state index in [0.29, 0.717) is 24.2 Å². The van der Waals surface area contributed by atoms with Gasteiger partial charge < -0.3 is 15.0 Å². The van der Waals surface area contributed by atoms with E-state index in [1.807, 2.05) is 26.8 Å². The van der Waals surface area contributed by atoms with Crippen molar-refractivity contribution in [2.75, 3.05) is 52.1 Å². The number of esters is 1. The van der Waals surface area contributed by atoms with Crippen LogP contribution in [0.5, 0.6) is 0 Å². The number of benzene rings is 1. The van der Waals surface area contributed by atoms with Crippen LogP contribution in [-0.4, -0.2) is 85.4 Å². The van der Waals surface area contributed by atoms with Gasteiger partial charge >= 0.3 is 5.97 Å². The monoisotopic (exact) mass is 404 g/mol. The van der Waals surface area contributed by atoms with Gasteiger partial charge in [0.2, 0.25) is 6.41 Å². The summed E-state index contributed by atoms with van der Waals surface area (Å²) in [5, 5.41) is 2.64. The van der Waals surface area contributed by atoms with Gasteiger partial charge in [0, 0.05) is 58.1 Å². The Morgan fingerprint density at radius 1 is 1.14 bits per heavy atom. The van der Waals surface area contributed by atoms with Crippen LogP contribution in [0.25, 0.3) is 0 Å². The van der Waals surface area contributed by atoms with Crippen LogP contribution in [0.3, 0.4) is 0 Å². The number of hydrogen-bond donors (Lipinski definition) is 1. The molecule has 0 aliphatic carbocycles. The summed E-state index contributed by atoms with van der Waals surface area (Å²) < 4.78 is 5.39. The van der Waals surface area contributed by atoms with E-state index in [9.17, 15) is 14.4 Å². The summed E-state index contributed by atoms with van der Waals surface area (Å²) in [6, 6.07) is 5.33. The highest BCUT2D eigenvalue weighted by Crippen LogP contribution is 2.20. The second-order valence-electron chi connectivity index (χ2n) is 8.47. The summed E-state index contributed by atoms with van der Waals surface area (Å²) in [6.45, 7) is 9.55. The number of amides is 2. The standard InChI is InChI=1S/C21H32N4O4/c1-21(2,3)29-19(27)14-25-10-8-24(9-11-25)13-16-12-17(22-15-26)6-7-18(16)20(28)23(4)5/h6-7,12,15H,8-11,13-14H2,1-5H3,(H,22,26). The molecule has 8 nitrogen and oxygen atoms in total. The fraction of sp³-hybridized carbons (Fsp3) is 0.571. The van der Waals surface area contributed by atoms with Crippen molar-refractivity contribution in [1.82, 2.24) is 14.7 Å². The number of nitrogens with zero attached hydrogens (tertiary/aromatic N) is 3. The molecule has 1 N–H and O–H groups in total. The molecule has 8 heteroatoms. The quantitative estimate of drug-likeness (QED) is 0.547. The molecule has 2 rings (SSSR count). The lowest BCUT2D eigenvalue weighted by atomic mass is 10.0. The molecule has 1 saturated heterocycles. The Bertz CT molecular complexity index is 735. The molecule has 1 aliphatic heterocycles. The predicted octanol–water partition coefficient (Wildman–Crippen LogP) is 1.42. The highest BCUT2D eigenvalue weighted by molar-refractivity contribution is 5.96. The summed E-state index contributed by atoms with van der Waals surface area (Å²) in [4.78, 5) is 41.2.